The maximum Gasteiger partial charge on any atom is 0.142 e. The minimum atomic E-state index is 0.458. The van der Waals surface area contributed by atoms with Crippen LogP contribution in [0.15, 0.2) is 37.0 Å². The first-order valence-corrected chi connectivity index (χ1v) is 12.0. The third-order valence-electron chi connectivity index (χ3n) is 9.04. The summed E-state index contributed by atoms with van der Waals surface area (Å²) < 4.78 is 0. The minimum Gasteiger partial charge on any atom is -0.305 e. The Kier molecular flexibility index (Phi) is 6.70. The van der Waals surface area contributed by atoms with Crippen LogP contribution in [0.4, 0.5) is 0 Å². The van der Waals surface area contributed by atoms with Crippen molar-refractivity contribution in [3.05, 3.63) is 37.0 Å². The summed E-state index contributed by atoms with van der Waals surface area (Å²) in [5, 5.41) is 8.16. The molecule has 0 aromatic carbocycles. The fraction of sp³-hybridized carbons (Fsp3) is 0.704. The number of carbonyl (C=O) groups excluding carboxylic acids is 1. The van der Waals surface area contributed by atoms with Crippen molar-refractivity contribution in [2.75, 3.05) is 0 Å². The minimum absolute atomic E-state index is 0.458. The number of nitrogens with one attached hydrogen (secondary N) is 1. The molecule has 5 aliphatic rings. The molecule has 0 aliphatic heterocycles. The number of allylic oxidation sites excluding steroid dienone is 4. The standard InChI is InChI=1S/C22H31N.C3H4O.C2H6/c1-3-22-9-8-16-17-6-5-15(23)12-20(17)21(10-11-21)13-18(16)19(22)7-4-14(22)2;1-2-3-4;1-2/h3,12,14,16-19,23H,1,4-11,13H2,2H3;2-3H,1H2;1-2H3. The molecule has 5 aliphatic carbocycles. The van der Waals surface area contributed by atoms with Gasteiger partial charge in [-0.25, -0.2) is 0 Å². The predicted molar refractivity (Wildman–Crippen MR) is 123 cm³/mol. The molecule has 0 aromatic heterocycles. The largest absolute Gasteiger partial charge is 0.305 e. The van der Waals surface area contributed by atoms with Gasteiger partial charge < -0.3 is 5.41 Å². The Balaban J connectivity index is 0.000000361. The van der Waals surface area contributed by atoms with E-state index in [4.69, 9.17) is 10.2 Å². The van der Waals surface area contributed by atoms with Gasteiger partial charge in [-0.15, -0.1) is 6.58 Å². The topological polar surface area (TPSA) is 40.9 Å². The summed E-state index contributed by atoms with van der Waals surface area (Å²) >= 11 is 0. The van der Waals surface area contributed by atoms with Crippen LogP contribution in [0.2, 0.25) is 0 Å². The molecule has 6 unspecified atom stereocenters. The van der Waals surface area contributed by atoms with Crippen LogP contribution in [-0.2, 0) is 4.79 Å². The van der Waals surface area contributed by atoms with Gasteiger partial charge in [0.05, 0.1) is 0 Å². The van der Waals surface area contributed by atoms with E-state index in [0.29, 0.717) is 17.1 Å². The van der Waals surface area contributed by atoms with E-state index in [1.54, 1.807) is 5.57 Å². The van der Waals surface area contributed by atoms with Gasteiger partial charge in [-0.3, -0.25) is 4.79 Å². The van der Waals surface area contributed by atoms with Crippen molar-refractivity contribution in [3.8, 4) is 0 Å². The lowest BCUT2D eigenvalue weighted by molar-refractivity contribution is -0.104. The van der Waals surface area contributed by atoms with Crippen molar-refractivity contribution in [1.29, 1.82) is 5.41 Å². The highest BCUT2D eigenvalue weighted by molar-refractivity contribution is 5.94. The van der Waals surface area contributed by atoms with E-state index in [0.717, 1.165) is 41.7 Å². The molecule has 0 aromatic rings. The van der Waals surface area contributed by atoms with Crippen LogP contribution in [0.25, 0.3) is 0 Å². The van der Waals surface area contributed by atoms with E-state index in [-0.39, 0.29) is 0 Å². The summed E-state index contributed by atoms with van der Waals surface area (Å²) in [6, 6.07) is 0. The second-order valence-electron chi connectivity index (χ2n) is 9.89. The lowest BCUT2D eigenvalue weighted by Gasteiger charge is -2.56. The van der Waals surface area contributed by atoms with Crippen LogP contribution in [0.3, 0.4) is 0 Å². The first-order valence-electron chi connectivity index (χ1n) is 12.0. The van der Waals surface area contributed by atoms with Gasteiger partial charge in [0, 0.05) is 5.71 Å². The molecule has 1 spiro atoms. The Bertz CT molecular complexity index is 679. The van der Waals surface area contributed by atoms with Crippen molar-refractivity contribution in [1.82, 2.24) is 0 Å². The number of hydrogen-bond acceptors (Lipinski definition) is 2. The number of rotatable bonds is 2. The molecule has 4 fully saturated rings. The second kappa shape index (κ2) is 8.74. The quantitative estimate of drug-likeness (QED) is 0.300. The first-order chi connectivity index (χ1) is 14.0. The summed E-state index contributed by atoms with van der Waals surface area (Å²) in [4.78, 5) is 9.06. The zero-order valence-electron chi connectivity index (χ0n) is 18.9. The van der Waals surface area contributed by atoms with Gasteiger partial charge in [-0.05, 0) is 110 Å². The van der Waals surface area contributed by atoms with Crippen LogP contribution < -0.4 is 0 Å². The summed E-state index contributed by atoms with van der Waals surface area (Å²) in [5.41, 5.74) is 3.63. The van der Waals surface area contributed by atoms with E-state index < -0.39 is 0 Å². The fourth-order valence-corrected chi connectivity index (χ4v) is 7.59. The van der Waals surface area contributed by atoms with Gasteiger partial charge in [-0.2, -0.15) is 0 Å². The zero-order valence-corrected chi connectivity index (χ0v) is 18.9. The SMILES string of the molecule is C=CC12CCC3C4CCC(=N)C=C4C4(CC4)CC3C1CCC2C.C=CC=O.CC. The molecule has 6 atom stereocenters. The van der Waals surface area contributed by atoms with Gasteiger partial charge in [0.1, 0.15) is 6.29 Å². The third-order valence-corrected chi connectivity index (χ3v) is 9.04. The van der Waals surface area contributed by atoms with Crippen molar-refractivity contribution in [3.63, 3.8) is 0 Å². The number of carbonyl (C=O) groups is 1. The van der Waals surface area contributed by atoms with Gasteiger partial charge in [-0.1, -0.05) is 39.0 Å². The van der Waals surface area contributed by atoms with E-state index in [1.807, 2.05) is 13.8 Å². The Morgan fingerprint density at radius 2 is 1.76 bits per heavy atom. The smallest absolute Gasteiger partial charge is 0.142 e. The number of hydrogen-bond donors (Lipinski definition) is 1. The molecule has 0 saturated heterocycles. The number of aldehydes is 1. The van der Waals surface area contributed by atoms with Crippen LogP contribution in [0, 0.1) is 45.8 Å². The molecule has 1 N–H and O–H groups in total. The Morgan fingerprint density at radius 3 is 2.34 bits per heavy atom. The first kappa shape index (κ1) is 22.2. The van der Waals surface area contributed by atoms with Crippen molar-refractivity contribution >= 4 is 12.0 Å². The molecule has 0 heterocycles. The average molecular weight is 396 g/mol. The molecular formula is C27H41NO. The highest BCUT2D eigenvalue weighted by atomic mass is 16.1. The van der Waals surface area contributed by atoms with E-state index in [1.165, 1.54) is 57.4 Å². The maximum atomic E-state index is 9.06. The highest BCUT2D eigenvalue weighted by Crippen LogP contribution is 2.71. The maximum absolute atomic E-state index is 9.06. The van der Waals surface area contributed by atoms with Crippen LogP contribution >= 0.6 is 0 Å². The van der Waals surface area contributed by atoms with Gasteiger partial charge >= 0.3 is 0 Å². The molecule has 2 heteroatoms. The van der Waals surface area contributed by atoms with E-state index >= 15 is 0 Å². The zero-order chi connectivity index (χ0) is 21.2. The fourth-order valence-electron chi connectivity index (χ4n) is 7.59. The third kappa shape index (κ3) is 3.62. The normalized spacial score (nSPS) is 40.4. The average Bonchev–Trinajstić information content (AvgIpc) is 3.45. The Hall–Kier alpha value is -1.44. The van der Waals surface area contributed by atoms with Crippen molar-refractivity contribution < 1.29 is 4.79 Å². The molecule has 29 heavy (non-hydrogen) atoms. The second-order valence-corrected chi connectivity index (χ2v) is 9.89. The van der Waals surface area contributed by atoms with Crippen LogP contribution in [-0.4, -0.2) is 12.0 Å². The van der Waals surface area contributed by atoms with Crippen molar-refractivity contribution in [2.24, 2.45) is 40.4 Å². The molecule has 0 radical (unpaired) electrons. The Morgan fingerprint density at radius 1 is 1.07 bits per heavy atom. The lowest BCUT2D eigenvalue weighted by atomic mass is 9.48. The summed E-state index contributed by atoms with van der Waals surface area (Å²) in [6.07, 6.45) is 18.8. The monoisotopic (exact) mass is 395 g/mol. The predicted octanol–water partition coefficient (Wildman–Crippen LogP) is 7.17. The highest BCUT2D eigenvalue weighted by Gasteiger charge is 2.62. The summed E-state index contributed by atoms with van der Waals surface area (Å²) in [5.74, 6) is 4.45. The lowest BCUT2D eigenvalue weighted by Crippen LogP contribution is -2.49. The molecule has 4 saturated carbocycles. The molecule has 2 nitrogen and oxygen atoms in total. The molecule has 5 rings (SSSR count). The van der Waals surface area contributed by atoms with Crippen LogP contribution in [0.5, 0.6) is 0 Å². The van der Waals surface area contributed by atoms with Gasteiger partial charge in [0.25, 0.3) is 0 Å². The van der Waals surface area contributed by atoms with Crippen molar-refractivity contribution in [2.45, 2.75) is 78.6 Å². The van der Waals surface area contributed by atoms with E-state index in [9.17, 15) is 0 Å². The van der Waals surface area contributed by atoms with Crippen LogP contribution in [0.1, 0.15) is 78.6 Å². The molecule has 0 bridgehead atoms. The molecule has 160 valence electrons. The number of fused-ring (bicyclic) bond motifs is 6. The molecular weight excluding hydrogens is 354 g/mol. The summed E-state index contributed by atoms with van der Waals surface area (Å²) in [7, 11) is 0. The summed E-state index contributed by atoms with van der Waals surface area (Å²) in [6.45, 7) is 13.9. The van der Waals surface area contributed by atoms with Gasteiger partial charge in [0.15, 0.2) is 0 Å². The Labute approximate surface area is 178 Å². The van der Waals surface area contributed by atoms with Gasteiger partial charge in [0.2, 0.25) is 0 Å². The van der Waals surface area contributed by atoms with E-state index in [2.05, 4.69) is 32.2 Å². The molecule has 0 amide bonds.